The van der Waals surface area contributed by atoms with Crippen molar-refractivity contribution in [3.05, 3.63) is 44.3 Å². The Morgan fingerprint density at radius 1 is 1.53 bits per heavy atom. The third-order valence-electron chi connectivity index (χ3n) is 2.32. The molecule has 0 fully saturated rings. The van der Waals surface area contributed by atoms with Gasteiger partial charge in [0, 0.05) is 7.05 Å². The Labute approximate surface area is 114 Å². The fraction of sp³-hybridized carbons (Fsp3) is 0.222. The number of pyridine rings is 1. The van der Waals surface area contributed by atoms with E-state index in [0.717, 1.165) is 0 Å². The molecule has 1 aromatic heterocycles. The van der Waals surface area contributed by atoms with Crippen molar-refractivity contribution in [3.63, 3.8) is 0 Å². The van der Waals surface area contributed by atoms with Gasteiger partial charge in [-0.1, -0.05) is 11.6 Å². The second-order valence-electron chi connectivity index (χ2n) is 3.52. The van der Waals surface area contributed by atoms with E-state index < -0.39 is 20.1 Å². The van der Waals surface area contributed by atoms with Gasteiger partial charge in [-0.3, -0.25) is 14.7 Å². The molecule has 0 bridgehead atoms. The van der Waals surface area contributed by atoms with E-state index in [1.165, 1.54) is 37.2 Å². The van der Waals surface area contributed by atoms with Crippen LogP contribution >= 0.6 is 11.6 Å². The third kappa shape index (κ3) is 3.63. The van der Waals surface area contributed by atoms with Crippen LogP contribution in [0.2, 0.25) is 5.15 Å². The number of hydrogen-bond donors (Lipinski definition) is 1. The smallest absolute Gasteiger partial charge is 0.341 e. The normalized spacial score (nSPS) is 12.8. The van der Waals surface area contributed by atoms with E-state index >= 15 is 0 Å². The molecule has 1 rings (SSSR count). The van der Waals surface area contributed by atoms with E-state index in [1.807, 2.05) is 0 Å². The van der Waals surface area contributed by atoms with Gasteiger partial charge in [-0.2, -0.15) is 8.42 Å². The fourth-order valence-electron chi connectivity index (χ4n) is 1.32. The summed E-state index contributed by atoms with van der Waals surface area (Å²) in [4.78, 5) is 14.5. The highest BCUT2D eigenvalue weighted by Crippen LogP contribution is 2.22. The molecule has 0 aliphatic rings. The molecule has 0 unspecified atom stereocenters. The summed E-state index contributed by atoms with van der Waals surface area (Å²) in [5.41, 5.74) is 0.126. The number of nitro groups is 1. The Morgan fingerprint density at radius 2 is 2.11 bits per heavy atom. The van der Waals surface area contributed by atoms with Crippen molar-refractivity contribution in [2.45, 2.75) is 6.92 Å². The van der Waals surface area contributed by atoms with Crippen LogP contribution in [0.1, 0.15) is 6.92 Å². The first-order chi connectivity index (χ1) is 8.64. The van der Waals surface area contributed by atoms with Gasteiger partial charge in [0.15, 0.2) is 0 Å². The minimum atomic E-state index is -4.93. The van der Waals surface area contributed by atoms with Crippen LogP contribution in [0.25, 0.3) is 0 Å². The maximum Gasteiger partial charge on any atom is 0.404 e. The Morgan fingerprint density at radius 3 is 2.47 bits per heavy atom. The lowest BCUT2D eigenvalue weighted by Crippen LogP contribution is -2.23. The van der Waals surface area contributed by atoms with Crippen LogP contribution in [0.15, 0.2) is 29.1 Å². The molecule has 10 heteroatoms. The molecule has 0 atom stereocenters. The molecule has 0 radical (unpaired) electrons. The molecule has 0 aliphatic heterocycles. The summed E-state index contributed by atoms with van der Waals surface area (Å²) in [5, 5.41) is 9.66. The second kappa shape index (κ2) is 5.51. The summed E-state index contributed by atoms with van der Waals surface area (Å²) in [6.45, 7) is 1.19. The topological polar surface area (TPSA) is 114 Å². The van der Waals surface area contributed by atoms with Crippen molar-refractivity contribution in [1.29, 1.82) is 0 Å². The molecule has 8 nitrogen and oxygen atoms in total. The van der Waals surface area contributed by atoms with Crippen LogP contribution in [-0.2, 0) is 10.1 Å². The summed E-state index contributed by atoms with van der Waals surface area (Å²) in [6, 6.07) is 2.94. The lowest BCUT2D eigenvalue weighted by molar-refractivity contribution is -0.413. The van der Waals surface area contributed by atoms with Gasteiger partial charge >= 0.3 is 15.1 Å². The zero-order valence-electron chi connectivity index (χ0n) is 9.94. The van der Waals surface area contributed by atoms with Gasteiger partial charge in [-0.25, -0.2) is 4.98 Å². The van der Waals surface area contributed by atoms with Crippen LogP contribution in [0.3, 0.4) is 0 Å². The van der Waals surface area contributed by atoms with Crippen molar-refractivity contribution in [2.75, 3.05) is 11.9 Å². The van der Waals surface area contributed by atoms with Crippen LogP contribution in [0.4, 0.5) is 5.69 Å². The molecule has 0 aliphatic carbocycles. The molecule has 0 saturated heterocycles. The largest absolute Gasteiger partial charge is 0.404 e. The lowest BCUT2D eigenvalue weighted by Gasteiger charge is -2.18. The highest BCUT2D eigenvalue weighted by Gasteiger charge is 2.32. The molecule has 104 valence electrons. The summed E-state index contributed by atoms with van der Waals surface area (Å²) in [6.07, 6.45) is 1.31. The molecule has 0 amide bonds. The number of nitrogens with zero attached hydrogens (tertiary/aromatic N) is 3. The van der Waals surface area contributed by atoms with Gasteiger partial charge in [-0.15, -0.1) is 0 Å². The molecular formula is C9H10ClN3O5S. The highest BCUT2D eigenvalue weighted by atomic mass is 35.5. The van der Waals surface area contributed by atoms with Gasteiger partial charge in [0.05, 0.1) is 16.8 Å². The third-order valence-corrected chi connectivity index (χ3v) is 3.48. The van der Waals surface area contributed by atoms with E-state index in [1.54, 1.807) is 0 Å². The molecular weight excluding hydrogens is 298 g/mol. The lowest BCUT2D eigenvalue weighted by atomic mass is 10.3. The Hall–Kier alpha value is -1.71. The van der Waals surface area contributed by atoms with Crippen LogP contribution in [0, 0.1) is 10.1 Å². The van der Waals surface area contributed by atoms with Crippen molar-refractivity contribution >= 4 is 27.4 Å². The fourth-order valence-corrected chi connectivity index (χ4v) is 2.13. The van der Waals surface area contributed by atoms with Gasteiger partial charge in [-0.05, 0) is 19.1 Å². The molecule has 1 heterocycles. The monoisotopic (exact) mass is 307 g/mol. The number of hydrogen-bond acceptors (Lipinski definition) is 6. The van der Waals surface area contributed by atoms with E-state index in [4.69, 9.17) is 16.2 Å². The van der Waals surface area contributed by atoms with Crippen LogP contribution in [-0.4, -0.2) is 29.9 Å². The Bertz CT molecular complexity index is 626. The molecule has 0 spiro atoms. The zero-order chi connectivity index (χ0) is 14.8. The first-order valence-electron chi connectivity index (χ1n) is 4.82. The van der Waals surface area contributed by atoms with E-state index in [-0.39, 0.29) is 10.9 Å². The minimum absolute atomic E-state index is 0.225. The first kappa shape index (κ1) is 15.3. The van der Waals surface area contributed by atoms with Crippen LogP contribution < -0.4 is 4.90 Å². The predicted octanol–water partition coefficient (Wildman–Crippen LogP) is 1.52. The number of rotatable bonds is 4. The van der Waals surface area contributed by atoms with Crippen molar-refractivity contribution in [1.82, 2.24) is 4.98 Å². The Balaban J connectivity index is 3.33. The maximum absolute atomic E-state index is 11.0. The standard InChI is InChI=1S/C9H10ClN3O5S/c1-6(9(13(14)15)19(16,17)18)12(2)7-3-4-8(10)11-5-7/h3-5H,1-2H3,(H,16,17,18). The number of halogens is 1. The molecule has 0 aromatic carbocycles. The van der Waals surface area contributed by atoms with Crippen molar-refractivity contribution in [2.24, 2.45) is 0 Å². The molecule has 0 saturated carbocycles. The summed E-state index contributed by atoms with van der Waals surface area (Å²) in [5.74, 6) is 0. The maximum atomic E-state index is 11.0. The van der Waals surface area contributed by atoms with Crippen molar-refractivity contribution < 1.29 is 17.9 Å². The quantitative estimate of drug-likeness (QED) is 0.388. The van der Waals surface area contributed by atoms with E-state index in [9.17, 15) is 18.5 Å². The van der Waals surface area contributed by atoms with Gasteiger partial charge in [0.2, 0.25) is 0 Å². The predicted molar refractivity (Wildman–Crippen MR) is 68.9 cm³/mol. The second-order valence-corrected chi connectivity index (χ2v) is 5.24. The molecule has 1 aromatic rings. The van der Waals surface area contributed by atoms with Gasteiger partial charge < -0.3 is 4.90 Å². The summed E-state index contributed by atoms with van der Waals surface area (Å²) in [7, 11) is -3.53. The first-order valence-corrected chi connectivity index (χ1v) is 6.64. The van der Waals surface area contributed by atoms with E-state index in [2.05, 4.69) is 4.98 Å². The Kier molecular flexibility index (Phi) is 4.45. The number of anilines is 1. The average molecular weight is 308 g/mol. The summed E-state index contributed by atoms with van der Waals surface area (Å²) >= 11 is 5.60. The molecule has 19 heavy (non-hydrogen) atoms. The van der Waals surface area contributed by atoms with Gasteiger partial charge in [0.25, 0.3) is 0 Å². The molecule has 1 N–H and O–H groups in total. The number of aromatic nitrogens is 1. The SMILES string of the molecule is CC(=C([N+](=O)[O-])S(=O)(=O)O)N(C)c1ccc(Cl)nc1. The van der Waals surface area contributed by atoms with Crippen molar-refractivity contribution in [3.8, 4) is 0 Å². The highest BCUT2D eigenvalue weighted by molar-refractivity contribution is 7.89. The zero-order valence-corrected chi connectivity index (χ0v) is 11.5. The van der Waals surface area contributed by atoms with Crippen LogP contribution in [0.5, 0.6) is 0 Å². The van der Waals surface area contributed by atoms with Gasteiger partial charge in [0.1, 0.15) is 10.9 Å². The summed E-state index contributed by atoms with van der Waals surface area (Å²) < 4.78 is 30.9. The van der Waals surface area contributed by atoms with E-state index in [0.29, 0.717) is 5.69 Å². The minimum Gasteiger partial charge on any atom is -0.341 e. The average Bonchev–Trinajstić information content (AvgIpc) is 2.26. The number of allylic oxidation sites excluding steroid dienone is 1.